The third-order valence-corrected chi connectivity index (χ3v) is 4.18. The molecule has 1 aromatic carbocycles. The van der Waals surface area contributed by atoms with Crippen LogP contribution in [-0.4, -0.2) is 56.0 Å². The Morgan fingerprint density at radius 1 is 1.33 bits per heavy atom. The number of hydrogen-bond acceptors (Lipinski definition) is 5. The standard InChI is InChI=1S/C18H27NO5/c1-3-23-9-10-24-16-7-6-14(11-17(16)22-2)12-19-8-4-5-15(13-19)18(20)21/h6-7,11,15H,3-5,8-10,12-13H2,1-2H3,(H,20,21). The lowest BCUT2D eigenvalue weighted by molar-refractivity contribution is -0.143. The number of likely N-dealkylation sites (tertiary alicyclic amines) is 1. The summed E-state index contributed by atoms with van der Waals surface area (Å²) in [5.74, 6) is 0.427. The molecule has 1 fully saturated rings. The zero-order chi connectivity index (χ0) is 17.4. The maximum atomic E-state index is 11.2. The molecule has 1 saturated heterocycles. The van der Waals surface area contributed by atoms with Crippen LogP contribution in [0, 0.1) is 5.92 Å². The summed E-state index contributed by atoms with van der Waals surface area (Å²) in [5, 5.41) is 9.19. The Labute approximate surface area is 143 Å². The van der Waals surface area contributed by atoms with Gasteiger partial charge in [0.1, 0.15) is 6.61 Å². The molecule has 1 heterocycles. The number of methoxy groups -OCH3 is 1. The summed E-state index contributed by atoms with van der Waals surface area (Å²) in [6.45, 7) is 5.90. The van der Waals surface area contributed by atoms with Crippen LogP contribution in [0.3, 0.4) is 0 Å². The number of carbonyl (C=O) groups is 1. The van der Waals surface area contributed by atoms with Crippen LogP contribution >= 0.6 is 0 Å². The predicted molar refractivity (Wildman–Crippen MR) is 90.6 cm³/mol. The van der Waals surface area contributed by atoms with E-state index in [-0.39, 0.29) is 5.92 Å². The SMILES string of the molecule is CCOCCOc1ccc(CN2CCCC(C(=O)O)C2)cc1OC. The van der Waals surface area contributed by atoms with Gasteiger partial charge in [-0.2, -0.15) is 0 Å². The fraction of sp³-hybridized carbons (Fsp3) is 0.611. The van der Waals surface area contributed by atoms with Crippen molar-refractivity contribution in [2.75, 3.05) is 40.0 Å². The fourth-order valence-electron chi connectivity index (χ4n) is 2.94. The molecule has 1 N–H and O–H groups in total. The van der Waals surface area contributed by atoms with E-state index in [0.717, 1.165) is 31.5 Å². The average molecular weight is 337 g/mol. The summed E-state index contributed by atoms with van der Waals surface area (Å²) in [6, 6.07) is 5.86. The van der Waals surface area contributed by atoms with Crippen molar-refractivity contribution in [2.45, 2.75) is 26.3 Å². The number of rotatable bonds is 9. The number of benzene rings is 1. The Balaban J connectivity index is 1.94. The second kappa shape index (κ2) is 9.49. The minimum atomic E-state index is -0.699. The third-order valence-electron chi connectivity index (χ3n) is 4.18. The minimum Gasteiger partial charge on any atom is -0.493 e. The van der Waals surface area contributed by atoms with E-state index in [4.69, 9.17) is 14.2 Å². The fourth-order valence-corrected chi connectivity index (χ4v) is 2.94. The molecule has 6 heteroatoms. The zero-order valence-corrected chi connectivity index (χ0v) is 14.5. The van der Waals surface area contributed by atoms with Gasteiger partial charge in [0.05, 0.1) is 19.6 Å². The lowest BCUT2D eigenvalue weighted by atomic mass is 9.98. The normalized spacial score (nSPS) is 18.3. The number of carboxylic acids is 1. The highest BCUT2D eigenvalue weighted by Gasteiger charge is 2.25. The Morgan fingerprint density at radius 2 is 2.17 bits per heavy atom. The van der Waals surface area contributed by atoms with E-state index in [1.165, 1.54) is 0 Å². The first-order chi connectivity index (χ1) is 11.6. The summed E-state index contributed by atoms with van der Waals surface area (Å²) in [5.41, 5.74) is 1.09. The van der Waals surface area contributed by atoms with E-state index >= 15 is 0 Å². The van der Waals surface area contributed by atoms with E-state index in [2.05, 4.69) is 4.90 Å². The quantitative estimate of drug-likeness (QED) is 0.698. The topological polar surface area (TPSA) is 68.2 Å². The van der Waals surface area contributed by atoms with Crippen molar-refractivity contribution < 1.29 is 24.1 Å². The Hall–Kier alpha value is -1.79. The van der Waals surface area contributed by atoms with Crippen molar-refractivity contribution in [3.8, 4) is 11.5 Å². The summed E-state index contributed by atoms with van der Waals surface area (Å²) in [7, 11) is 1.62. The summed E-state index contributed by atoms with van der Waals surface area (Å²) in [6.07, 6.45) is 1.69. The molecule has 0 aliphatic carbocycles. The minimum absolute atomic E-state index is 0.262. The van der Waals surface area contributed by atoms with Gasteiger partial charge in [-0.3, -0.25) is 9.69 Å². The van der Waals surface area contributed by atoms with E-state index in [9.17, 15) is 9.90 Å². The second-order valence-corrected chi connectivity index (χ2v) is 5.94. The molecular formula is C18H27NO5. The van der Waals surface area contributed by atoms with E-state index in [0.29, 0.717) is 37.9 Å². The van der Waals surface area contributed by atoms with E-state index in [1.807, 2.05) is 25.1 Å². The van der Waals surface area contributed by atoms with Crippen molar-refractivity contribution >= 4 is 5.97 Å². The largest absolute Gasteiger partial charge is 0.493 e. The van der Waals surface area contributed by atoms with Crippen LogP contribution < -0.4 is 9.47 Å². The number of aliphatic carboxylic acids is 1. The van der Waals surface area contributed by atoms with Crippen LogP contribution in [0.1, 0.15) is 25.3 Å². The van der Waals surface area contributed by atoms with Crippen LogP contribution in [0.4, 0.5) is 0 Å². The first-order valence-corrected chi connectivity index (χ1v) is 8.46. The molecule has 0 saturated carbocycles. The lowest BCUT2D eigenvalue weighted by Gasteiger charge is -2.30. The maximum absolute atomic E-state index is 11.2. The zero-order valence-electron chi connectivity index (χ0n) is 14.5. The molecule has 134 valence electrons. The monoisotopic (exact) mass is 337 g/mol. The van der Waals surface area contributed by atoms with Gasteiger partial charge < -0.3 is 19.3 Å². The number of carboxylic acid groups (broad SMARTS) is 1. The van der Waals surface area contributed by atoms with Crippen molar-refractivity contribution in [1.82, 2.24) is 4.90 Å². The first kappa shape index (κ1) is 18.5. The number of ether oxygens (including phenoxy) is 3. The second-order valence-electron chi connectivity index (χ2n) is 5.94. The summed E-state index contributed by atoms with van der Waals surface area (Å²) < 4.78 is 16.4. The highest BCUT2D eigenvalue weighted by molar-refractivity contribution is 5.70. The molecule has 2 rings (SSSR count). The predicted octanol–water partition coefficient (Wildman–Crippen LogP) is 2.41. The molecule has 0 spiro atoms. The van der Waals surface area contributed by atoms with Gasteiger partial charge in [0, 0.05) is 19.7 Å². The van der Waals surface area contributed by atoms with Crippen molar-refractivity contribution in [3.63, 3.8) is 0 Å². The Morgan fingerprint density at radius 3 is 2.88 bits per heavy atom. The molecular weight excluding hydrogens is 310 g/mol. The highest BCUT2D eigenvalue weighted by atomic mass is 16.5. The van der Waals surface area contributed by atoms with Crippen molar-refractivity contribution in [2.24, 2.45) is 5.92 Å². The molecule has 24 heavy (non-hydrogen) atoms. The van der Waals surface area contributed by atoms with Crippen LogP contribution in [0.15, 0.2) is 18.2 Å². The molecule has 0 aromatic heterocycles. The van der Waals surface area contributed by atoms with Gasteiger partial charge in [-0.1, -0.05) is 6.07 Å². The van der Waals surface area contributed by atoms with Crippen LogP contribution in [-0.2, 0) is 16.1 Å². The lowest BCUT2D eigenvalue weighted by Crippen LogP contribution is -2.38. The molecule has 1 aliphatic heterocycles. The van der Waals surface area contributed by atoms with Gasteiger partial charge >= 0.3 is 5.97 Å². The van der Waals surface area contributed by atoms with E-state index < -0.39 is 5.97 Å². The number of piperidine rings is 1. The molecule has 1 aromatic rings. The van der Waals surface area contributed by atoms with Crippen molar-refractivity contribution in [3.05, 3.63) is 23.8 Å². The Bertz CT molecular complexity index is 534. The summed E-state index contributed by atoms with van der Waals surface area (Å²) >= 11 is 0. The van der Waals surface area contributed by atoms with Crippen LogP contribution in [0.2, 0.25) is 0 Å². The number of hydrogen-bond donors (Lipinski definition) is 1. The average Bonchev–Trinajstić information content (AvgIpc) is 2.59. The highest BCUT2D eigenvalue weighted by Crippen LogP contribution is 2.29. The van der Waals surface area contributed by atoms with Gasteiger partial charge in [-0.05, 0) is 44.0 Å². The van der Waals surface area contributed by atoms with Crippen LogP contribution in [0.5, 0.6) is 11.5 Å². The summed E-state index contributed by atoms with van der Waals surface area (Å²) in [4.78, 5) is 13.4. The molecule has 6 nitrogen and oxygen atoms in total. The Kier molecular flexibility index (Phi) is 7.34. The van der Waals surface area contributed by atoms with Crippen LogP contribution in [0.25, 0.3) is 0 Å². The molecule has 0 radical (unpaired) electrons. The smallest absolute Gasteiger partial charge is 0.307 e. The van der Waals surface area contributed by atoms with Gasteiger partial charge in [0.2, 0.25) is 0 Å². The van der Waals surface area contributed by atoms with Crippen molar-refractivity contribution in [1.29, 1.82) is 0 Å². The molecule has 0 bridgehead atoms. The number of nitrogens with zero attached hydrogens (tertiary/aromatic N) is 1. The molecule has 0 amide bonds. The molecule has 1 atom stereocenters. The van der Waals surface area contributed by atoms with E-state index in [1.54, 1.807) is 7.11 Å². The molecule has 1 unspecified atom stereocenters. The van der Waals surface area contributed by atoms with Gasteiger partial charge in [0.25, 0.3) is 0 Å². The third kappa shape index (κ3) is 5.39. The maximum Gasteiger partial charge on any atom is 0.307 e. The van der Waals surface area contributed by atoms with Gasteiger partial charge in [-0.15, -0.1) is 0 Å². The first-order valence-electron chi connectivity index (χ1n) is 8.46. The van der Waals surface area contributed by atoms with Gasteiger partial charge in [-0.25, -0.2) is 0 Å². The molecule has 1 aliphatic rings. The van der Waals surface area contributed by atoms with Gasteiger partial charge in [0.15, 0.2) is 11.5 Å².